The highest BCUT2D eigenvalue weighted by Gasteiger charge is 2.11. The minimum atomic E-state index is 0.250. The number of halogens is 1. The van der Waals surface area contributed by atoms with Gasteiger partial charge < -0.3 is 14.6 Å². The summed E-state index contributed by atoms with van der Waals surface area (Å²) in [5.41, 5.74) is 1.20. The predicted octanol–water partition coefficient (Wildman–Crippen LogP) is 3.64. The third-order valence-corrected chi connectivity index (χ3v) is 3.55. The quantitative estimate of drug-likeness (QED) is 0.823. The molecule has 1 N–H and O–H groups in total. The van der Waals surface area contributed by atoms with E-state index in [-0.39, 0.29) is 12.5 Å². The maximum absolute atomic E-state index is 5.71. The van der Waals surface area contributed by atoms with Crippen molar-refractivity contribution in [3.8, 4) is 5.75 Å². The fourth-order valence-electron chi connectivity index (χ4n) is 1.74. The Labute approximate surface area is 133 Å². The number of benzene rings is 1. The highest BCUT2D eigenvalue weighted by Crippen LogP contribution is 2.26. The third kappa shape index (κ3) is 4.54. The van der Waals surface area contributed by atoms with E-state index in [4.69, 9.17) is 9.26 Å². The van der Waals surface area contributed by atoms with Gasteiger partial charge in [-0.05, 0) is 40.2 Å². The summed E-state index contributed by atoms with van der Waals surface area (Å²) in [5, 5.41) is 7.20. The van der Waals surface area contributed by atoms with Gasteiger partial charge in [-0.1, -0.05) is 32.0 Å². The van der Waals surface area contributed by atoms with Crippen LogP contribution in [0.5, 0.6) is 5.75 Å². The summed E-state index contributed by atoms with van der Waals surface area (Å²) in [4.78, 5) is 4.28. The van der Waals surface area contributed by atoms with Crippen LogP contribution in [0.25, 0.3) is 0 Å². The highest BCUT2D eigenvalue weighted by molar-refractivity contribution is 9.10. The molecule has 0 saturated carbocycles. The minimum Gasteiger partial charge on any atom is -0.483 e. The lowest BCUT2D eigenvalue weighted by atomic mass is 10.2. The first kappa shape index (κ1) is 16.0. The summed E-state index contributed by atoms with van der Waals surface area (Å²) in [7, 11) is 0. The molecule has 0 bridgehead atoms. The molecule has 0 aliphatic heterocycles. The van der Waals surface area contributed by atoms with E-state index >= 15 is 0 Å². The van der Waals surface area contributed by atoms with Crippen molar-refractivity contribution in [3.05, 3.63) is 40.0 Å². The second-order valence-corrected chi connectivity index (χ2v) is 5.89. The molecule has 0 amide bonds. The van der Waals surface area contributed by atoms with E-state index in [9.17, 15) is 0 Å². The van der Waals surface area contributed by atoms with Crippen molar-refractivity contribution in [2.45, 2.75) is 39.8 Å². The topological polar surface area (TPSA) is 60.2 Å². The zero-order chi connectivity index (χ0) is 15.2. The van der Waals surface area contributed by atoms with Gasteiger partial charge in [-0.3, -0.25) is 0 Å². The first-order valence-electron chi connectivity index (χ1n) is 7.04. The summed E-state index contributed by atoms with van der Waals surface area (Å²) < 4.78 is 11.8. The molecule has 0 aliphatic carbocycles. The Kier molecular flexibility index (Phi) is 5.76. The zero-order valence-electron chi connectivity index (χ0n) is 12.5. The van der Waals surface area contributed by atoms with Gasteiger partial charge in [0.05, 0.1) is 4.47 Å². The third-order valence-electron chi connectivity index (χ3n) is 2.93. The molecule has 0 radical (unpaired) electrons. The van der Waals surface area contributed by atoms with Crippen LogP contribution < -0.4 is 10.1 Å². The monoisotopic (exact) mass is 353 g/mol. The van der Waals surface area contributed by atoms with Crippen LogP contribution in [0.3, 0.4) is 0 Å². The molecule has 1 aromatic carbocycles. The van der Waals surface area contributed by atoms with Crippen molar-refractivity contribution in [2.24, 2.45) is 0 Å². The number of rotatable bonds is 7. The molecule has 0 saturated heterocycles. The number of nitrogens with one attached hydrogen (secondary N) is 1. The molecule has 2 aromatic rings. The van der Waals surface area contributed by atoms with Crippen LogP contribution >= 0.6 is 15.9 Å². The Morgan fingerprint density at radius 1 is 1.38 bits per heavy atom. The SMILES string of the molecule is CCNCc1ccc(OCc2nc(C(C)C)no2)c(Br)c1. The van der Waals surface area contributed by atoms with Gasteiger partial charge in [0.15, 0.2) is 12.4 Å². The Morgan fingerprint density at radius 2 is 2.19 bits per heavy atom. The van der Waals surface area contributed by atoms with E-state index in [2.05, 4.69) is 38.3 Å². The molecular formula is C15H20BrN3O2. The first-order chi connectivity index (χ1) is 10.1. The van der Waals surface area contributed by atoms with E-state index < -0.39 is 0 Å². The lowest BCUT2D eigenvalue weighted by Gasteiger charge is -2.08. The van der Waals surface area contributed by atoms with Crippen LogP contribution in [0.4, 0.5) is 0 Å². The second-order valence-electron chi connectivity index (χ2n) is 5.03. The maximum Gasteiger partial charge on any atom is 0.264 e. The summed E-state index contributed by atoms with van der Waals surface area (Å²) in [6, 6.07) is 6.03. The van der Waals surface area contributed by atoms with Crippen LogP contribution in [-0.4, -0.2) is 16.7 Å². The molecule has 0 spiro atoms. The molecule has 5 nitrogen and oxygen atoms in total. The Morgan fingerprint density at radius 3 is 2.81 bits per heavy atom. The van der Waals surface area contributed by atoms with Gasteiger partial charge in [-0.2, -0.15) is 4.98 Å². The van der Waals surface area contributed by atoms with Gasteiger partial charge in [0.2, 0.25) is 0 Å². The van der Waals surface area contributed by atoms with Gasteiger partial charge >= 0.3 is 0 Å². The molecule has 0 unspecified atom stereocenters. The largest absolute Gasteiger partial charge is 0.483 e. The molecule has 1 heterocycles. The normalized spacial score (nSPS) is 11.1. The van der Waals surface area contributed by atoms with Crippen molar-refractivity contribution in [1.29, 1.82) is 0 Å². The molecule has 0 aliphatic rings. The number of nitrogens with zero attached hydrogens (tertiary/aromatic N) is 2. The van der Waals surface area contributed by atoms with Crippen LogP contribution in [-0.2, 0) is 13.2 Å². The number of aromatic nitrogens is 2. The summed E-state index contributed by atoms with van der Waals surface area (Å²) in [5.74, 6) is 2.20. The number of hydrogen-bond donors (Lipinski definition) is 1. The molecule has 1 aromatic heterocycles. The van der Waals surface area contributed by atoms with E-state index in [1.165, 1.54) is 5.56 Å². The molecule has 21 heavy (non-hydrogen) atoms. The Balaban J connectivity index is 1.96. The number of hydrogen-bond acceptors (Lipinski definition) is 5. The fourth-order valence-corrected chi connectivity index (χ4v) is 2.28. The Hall–Kier alpha value is -1.40. The number of ether oxygens (including phenoxy) is 1. The molecule has 2 rings (SSSR count). The van der Waals surface area contributed by atoms with Crippen molar-refractivity contribution in [1.82, 2.24) is 15.5 Å². The molecule has 6 heteroatoms. The van der Waals surface area contributed by atoms with Crippen molar-refractivity contribution >= 4 is 15.9 Å². The van der Waals surface area contributed by atoms with E-state index in [0.29, 0.717) is 11.7 Å². The lowest BCUT2D eigenvalue weighted by Crippen LogP contribution is -2.11. The standard InChI is InChI=1S/C15H20BrN3O2/c1-4-17-8-11-5-6-13(12(16)7-11)20-9-14-18-15(10(2)3)19-21-14/h5-7,10,17H,4,8-9H2,1-3H3. The molecule has 0 atom stereocenters. The van der Waals surface area contributed by atoms with Gasteiger partial charge in [0, 0.05) is 12.5 Å². The summed E-state index contributed by atoms with van der Waals surface area (Å²) in [6.45, 7) is 8.19. The van der Waals surface area contributed by atoms with Crippen molar-refractivity contribution in [2.75, 3.05) is 6.54 Å². The van der Waals surface area contributed by atoms with Gasteiger partial charge in [0.25, 0.3) is 5.89 Å². The van der Waals surface area contributed by atoms with Gasteiger partial charge in [-0.25, -0.2) is 0 Å². The maximum atomic E-state index is 5.71. The molecular weight excluding hydrogens is 334 g/mol. The summed E-state index contributed by atoms with van der Waals surface area (Å²) >= 11 is 3.52. The van der Waals surface area contributed by atoms with E-state index in [1.807, 2.05) is 32.0 Å². The van der Waals surface area contributed by atoms with E-state index in [0.717, 1.165) is 23.3 Å². The van der Waals surface area contributed by atoms with Crippen LogP contribution in [0.15, 0.2) is 27.2 Å². The average Bonchev–Trinajstić information content (AvgIpc) is 2.93. The lowest BCUT2D eigenvalue weighted by molar-refractivity contribution is 0.241. The zero-order valence-corrected chi connectivity index (χ0v) is 14.1. The second kappa shape index (κ2) is 7.56. The predicted molar refractivity (Wildman–Crippen MR) is 84.2 cm³/mol. The molecule has 114 valence electrons. The van der Waals surface area contributed by atoms with Gasteiger partial charge in [-0.15, -0.1) is 0 Å². The Bertz CT molecular complexity index is 584. The fraction of sp³-hybridized carbons (Fsp3) is 0.467. The van der Waals surface area contributed by atoms with Gasteiger partial charge in [0.1, 0.15) is 5.75 Å². The highest BCUT2D eigenvalue weighted by atomic mass is 79.9. The van der Waals surface area contributed by atoms with E-state index in [1.54, 1.807) is 0 Å². The van der Waals surface area contributed by atoms with Crippen molar-refractivity contribution in [3.63, 3.8) is 0 Å². The van der Waals surface area contributed by atoms with Crippen molar-refractivity contribution < 1.29 is 9.26 Å². The van der Waals surface area contributed by atoms with Crippen LogP contribution in [0.2, 0.25) is 0 Å². The smallest absolute Gasteiger partial charge is 0.264 e. The van der Waals surface area contributed by atoms with Crippen LogP contribution in [0, 0.1) is 0 Å². The minimum absolute atomic E-state index is 0.250. The first-order valence-corrected chi connectivity index (χ1v) is 7.84. The van der Waals surface area contributed by atoms with Crippen LogP contribution in [0.1, 0.15) is 44.0 Å². The summed E-state index contributed by atoms with van der Waals surface area (Å²) in [6.07, 6.45) is 0. The molecule has 0 fully saturated rings. The average molecular weight is 354 g/mol.